The first-order chi connectivity index (χ1) is 14.7. The molecule has 2 aliphatic carbocycles. The molecule has 0 bridgehead atoms. The fraction of sp³-hybridized carbons (Fsp3) is 0.375. The number of rotatable bonds is 4. The van der Waals surface area contributed by atoms with E-state index >= 15 is 0 Å². The van der Waals surface area contributed by atoms with Gasteiger partial charge in [0.05, 0.1) is 17.7 Å². The summed E-state index contributed by atoms with van der Waals surface area (Å²) in [5.74, 6) is 0.499. The van der Waals surface area contributed by atoms with Gasteiger partial charge in [-0.3, -0.25) is 4.79 Å². The highest BCUT2D eigenvalue weighted by Gasteiger charge is 2.24. The summed E-state index contributed by atoms with van der Waals surface area (Å²) in [6, 6.07) is 14.2. The van der Waals surface area contributed by atoms with Gasteiger partial charge in [0.25, 0.3) is 5.91 Å². The van der Waals surface area contributed by atoms with Gasteiger partial charge in [-0.05, 0) is 61.8 Å². The Hall–Kier alpha value is -2.99. The number of benzene rings is 2. The minimum Gasteiger partial charge on any atom is -0.393 e. The van der Waals surface area contributed by atoms with E-state index in [1.807, 2.05) is 30.3 Å². The van der Waals surface area contributed by atoms with Gasteiger partial charge in [0.15, 0.2) is 0 Å². The quantitative estimate of drug-likeness (QED) is 0.618. The molecule has 6 heteroatoms. The number of fused-ring (bicyclic) bond motifs is 2. The Morgan fingerprint density at radius 1 is 1.03 bits per heavy atom. The number of carbonyl (C=O) groups is 1. The van der Waals surface area contributed by atoms with Crippen LogP contribution < -0.4 is 10.6 Å². The number of aromatic nitrogens is 2. The van der Waals surface area contributed by atoms with E-state index in [2.05, 4.69) is 32.7 Å². The molecule has 1 aromatic heterocycles. The van der Waals surface area contributed by atoms with E-state index in [1.54, 1.807) is 6.20 Å². The van der Waals surface area contributed by atoms with Gasteiger partial charge in [0.2, 0.25) is 5.95 Å². The monoisotopic (exact) mass is 402 g/mol. The Balaban J connectivity index is 1.32. The molecule has 1 unspecified atom stereocenters. The molecule has 5 rings (SSSR count). The van der Waals surface area contributed by atoms with Crippen molar-refractivity contribution in [2.24, 2.45) is 0 Å². The predicted octanol–water partition coefficient (Wildman–Crippen LogP) is 3.76. The number of hydrogen-bond donors (Lipinski definition) is 3. The Bertz CT molecular complexity index is 1080. The summed E-state index contributed by atoms with van der Waals surface area (Å²) in [7, 11) is 0. The number of aliphatic hydroxyl groups is 1. The third-order valence-corrected chi connectivity index (χ3v) is 6.31. The maximum atomic E-state index is 12.9. The standard InChI is InChI=1S/C24H26N4O2/c29-19-10-8-18(9-11-19)26-24-25-14-17-6-5-16(13-22(17)28-24)23(30)27-21-12-7-15-3-1-2-4-20(15)21/h1-6,13-14,18-19,21,29H,7-12H2,(H,27,30)(H,25,26,28)/t18-,19-,21?. The molecule has 0 spiro atoms. The SMILES string of the molecule is O=C(NC1CCc2ccccc21)c1ccc2cnc(N[C@H]3CC[C@H](O)CC3)nc2c1. The highest BCUT2D eigenvalue weighted by Crippen LogP contribution is 2.31. The number of aliphatic hydroxyl groups excluding tert-OH is 1. The lowest BCUT2D eigenvalue weighted by Gasteiger charge is -2.26. The van der Waals surface area contributed by atoms with Crippen molar-refractivity contribution in [2.45, 2.75) is 56.7 Å². The smallest absolute Gasteiger partial charge is 0.251 e. The lowest BCUT2D eigenvalue weighted by molar-refractivity contribution is 0.0937. The highest BCUT2D eigenvalue weighted by molar-refractivity contribution is 5.98. The highest BCUT2D eigenvalue weighted by atomic mass is 16.3. The van der Waals surface area contributed by atoms with Crippen LogP contribution in [0.15, 0.2) is 48.7 Å². The minimum atomic E-state index is -0.187. The van der Waals surface area contributed by atoms with Crippen molar-refractivity contribution in [1.29, 1.82) is 0 Å². The maximum absolute atomic E-state index is 12.9. The van der Waals surface area contributed by atoms with Crippen molar-refractivity contribution in [1.82, 2.24) is 15.3 Å². The van der Waals surface area contributed by atoms with Crippen LogP contribution in [0.4, 0.5) is 5.95 Å². The molecule has 1 heterocycles. The summed E-state index contributed by atoms with van der Waals surface area (Å²) in [5, 5.41) is 17.1. The van der Waals surface area contributed by atoms with Crippen molar-refractivity contribution >= 4 is 22.8 Å². The van der Waals surface area contributed by atoms with E-state index in [-0.39, 0.29) is 24.1 Å². The average molecular weight is 402 g/mol. The number of anilines is 1. The van der Waals surface area contributed by atoms with E-state index in [0.29, 0.717) is 11.5 Å². The average Bonchev–Trinajstić information content (AvgIpc) is 3.18. The number of carbonyl (C=O) groups excluding carboxylic acids is 1. The van der Waals surface area contributed by atoms with Gasteiger partial charge in [0.1, 0.15) is 0 Å². The molecule has 0 radical (unpaired) electrons. The number of nitrogens with one attached hydrogen (secondary N) is 2. The lowest BCUT2D eigenvalue weighted by Crippen LogP contribution is -2.29. The first kappa shape index (κ1) is 19.0. The number of nitrogens with zero attached hydrogens (tertiary/aromatic N) is 2. The third kappa shape index (κ3) is 3.87. The van der Waals surface area contributed by atoms with Gasteiger partial charge < -0.3 is 15.7 Å². The molecule has 3 N–H and O–H groups in total. The predicted molar refractivity (Wildman–Crippen MR) is 116 cm³/mol. The maximum Gasteiger partial charge on any atom is 0.251 e. The molecule has 154 valence electrons. The summed E-state index contributed by atoms with van der Waals surface area (Å²) >= 11 is 0. The summed E-state index contributed by atoms with van der Waals surface area (Å²) in [6.45, 7) is 0. The topological polar surface area (TPSA) is 87.1 Å². The van der Waals surface area contributed by atoms with Gasteiger partial charge in [-0.25, -0.2) is 9.97 Å². The van der Waals surface area contributed by atoms with Gasteiger partial charge in [-0.2, -0.15) is 0 Å². The molecule has 1 fully saturated rings. The second kappa shape index (κ2) is 8.03. The number of aryl methyl sites for hydroxylation is 1. The minimum absolute atomic E-state index is 0.0636. The van der Waals surface area contributed by atoms with Crippen LogP contribution in [-0.4, -0.2) is 33.1 Å². The van der Waals surface area contributed by atoms with Gasteiger partial charge in [0, 0.05) is 23.2 Å². The van der Waals surface area contributed by atoms with Gasteiger partial charge >= 0.3 is 0 Å². The second-order valence-electron chi connectivity index (χ2n) is 8.38. The lowest BCUT2D eigenvalue weighted by atomic mass is 9.93. The van der Waals surface area contributed by atoms with Crippen LogP contribution in [0.2, 0.25) is 0 Å². The normalized spacial score (nSPS) is 23.2. The molecule has 0 aliphatic heterocycles. The van der Waals surface area contributed by atoms with Crippen molar-refractivity contribution in [2.75, 3.05) is 5.32 Å². The zero-order valence-corrected chi connectivity index (χ0v) is 16.8. The third-order valence-electron chi connectivity index (χ3n) is 6.31. The first-order valence-electron chi connectivity index (χ1n) is 10.8. The van der Waals surface area contributed by atoms with Crippen molar-refractivity contribution in [3.63, 3.8) is 0 Å². The van der Waals surface area contributed by atoms with E-state index in [1.165, 1.54) is 11.1 Å². The van der Waals surface area contributed by atoms with Crippen LogP contribution in [0.3, 0.4) is 0 Å². The zero-order valence-electron chi connectivity index (χ0n) is 16.8. The zero-order chi connectivity index (χ0) is 20.5. The molecule has 1 saturated carbocycles. The van der Waals surface area contributed by atoms with Crippen molar-refractivity contribution < 1.29 is 9.90 Å². The Morgan fingerprint density at radius 2 is 1.87 bits per heavy atom. The Kier molecular flexibility index (Phi) is 5.09. The Labute approximate surface area is 175 Å². The molecule has 0 saturated heterocycles. The molecule has 30 heavy (non-hydrogen) atoms. The van der Waals surface area contributed by atoms with Crippen LogP contribution in [0.5, 0.6) is 0 Å². The molecular weight excluding hydrogens is 376 g/mol. The van der Waals surface area contributed by atoms with Crippen LogP contribution in [-0.2, 0) is 6.42 Å². The Morgan fingerprint density at radius 3 is 2.73 bits per heavy atom. The molecular formula is C24H26N4O2. The molecule has 1 amide bonds. The van der Waals surface area contributed by atoms with E-state index in [0.717, 1.165) is 49.4 Å². The molecule has 1 atom stereocenters. The summed E-state index contributed by atoms with van der Waals surface area (Å²) < 4.78 is 0. The van der Waals surface area contributed by atoms with E-state index < -0.39 is 0 Å². The van der Waals surface area contributed by atoms with Gasteiger partial charge in [-0.1, -0.05) is 30.3 Å². The van der Waals surface area contributed by atoms with Crippen molar-refractivity contribution in [3.05, 3.63) is 65.4 Å². The molecule has 2 aliphatic rings. The molecule has 3 aromatic rings. The fourth-order valence-electron chi connectivity index (χ4n) is 4.59. The van der Waals surface area contributed by atoms with Crippen LogP contribution in [0.25, 0.3) is 10.9 Å². The largest absolute Gasteiger partial charge is 0.393 e. The second-order valence-corrected chi connectivity index (χ2v) is 8.38. The van der Waals surface area contributed by atoms with E-state index in [4.69, 9.17) is 0 Å². The van der Waals surface area contributed by atoms with Crippen LogP contribution in [0, 0.1) is 0 Å². The number of hydrogen-bond acceptors (Lipinski definition) is 5. The summed E-state index contributed by atoms with van der Waals surface area (Å²) in [5.41, 5.74) is 3.90. The van der Waals surface area contributed by atoms with Gasteiger partial charge in [-0.15, -0.1) is 0 Å². The summed E-state index contributed by atoms with van der Waals surface area (Å²) in [6.07, 6.45) is 6.97. The molecule has 2 aromatic carbocycles. The number of amides is 1. The van der Waals surface area contributed by atoms with Crippen molar-refractivity contribution in [3.8, 4) is 0 Å². The van der Waals surface area contributed by atoms with E-state index in [9.17, 15) is 9.90 Å². The molecule has 6 nitrogen and oxygen atoms in total. The summed E-state index contributed by atoms with van der Waals surface area (Å²) in [4.78, 5) is 21.9. The first-order valence-corrected chi connectivity index (χ1v) is 10.8. The fourth-order valence-corrected chi connectivity index (χ4v) is 4.59. The van der Waals surface area contributed by atoms with Crippen LogP contribution >= 0.6 is 0 Å². The van der Waals surface area contributed by atoms with Crippen LogP contribution in [0.1, 0.15) is 59.6 Å².